The first-order chi connectivity index (χ1) is 10.4. The van der Waals surface area contributed by atoms with Crippen molar-refractivity contribution in [3.8, 4) is 0 Å². The molecule has 1 aliphatic heterocycles. The minimum absolute atomic E-state index is 0.0162. The van der Waals surface area contributed by atoms with Gasteiger partial charge in [0.25, 0.3) is 5.91 Å². The molecule has 0 spiro atoms. The highest BCUT2D eigenvalue weighted by molar-refractivity contribution is 7.12. The number of aliphatic carboxylic acids is 1. The fraction of sp³-hybridized carbons (Fsp3) is 0.500. The average molecular weight is 326 g/mol. The SMILES string of the molecule is CC(NC(=O)c1cccs1)C(=O)N1CC(C(=O)O)O[C@H](C)C1. The second-order valence-electron chi connectivity index (χ2n) is 5.19. The van der Waals surface area contributed by atoms with Crippen LogP contribution in [-0.4, -0.2) is 59.1 Å². The van der Waals surface area contributed by atoms with Gasteiger partial charge in [-0.3, -0.25) is 9.59 Å². The van der Waals surface area contributed by atoms with Crippen LogP contribution in [0.25, 0.3) is 0 Å². The molecule has 8 heteroatoms. The molecular formula is C14H18N2O5S. The van der Waals surface area contributed by atoms with Crippen LogP contribution in [0.2, 0.25) is 0 Å². The highest BCUT2D eigenvalue weighted by Crippen LogP contribution is 2.13. The second kappa shape index (κ2) is 6.89. The summed E-state index contributed by atoms with van der Waals surface area (Å²) in [7, 11) is 0. The fourth-order valence-corrected chi connectivity index (χ4v) is 2.91. The Bertz CT molecular complexity index is 560. The van der Waals surface area contributed by atoms with Crippen molar-refractivity contribution in [1.29, 1.82) is 0 Å². The van der Waals surface area contributed by atoms with Crippen molar-refractivity contribution < 1.29 is 24.2 Å². The molecule has 2 rings (SSSR count). The molecule has 1 aliphatic rings. The van der Waals surface area contributed by atoms with Crippen LogP contribution >= 0.6 is 11.3 Å². The molecule has 0 aliphatic carbocycles. The van der Waals surface area contributed by atoms with E-state index in [9.17, 15) is 14.4 Å². The van der Waals surface area contributed by atoms with E-state index >= 15 is 0 Å². The van der Waals surface area contributed by atoms with Crippen LogP contribution < -0.4 is 5.32 Å². The first-order valence-corrected chi connectivity index (χ1v) is 7.78. The van der Waals surface area contributed by atoms with Crippen molar-refractivity contribution in [2.45, 2.75) is 32.1 Å². The average Bonchev–Trinajstić information content (AvgIpc) is 2.99. The number of carboxylic acids is 1. The molecule has 2 amide bonds. The molecule has 0 aromatic carbocycles. The van der Waals surface area contributed by atoms with E-state index in [0.29, 0.717) is 11.4 Å². The Morgan fingerprint density at radius 2 is 2.18 bits per heavy atom. The van der Waals surface area contributed by atoms with E-state index in [0.717, 1.165) is 0 Å². The Morgan fingerprint density at radius 3 is 2.77 bits per heavy atom. The Labute approximate surface area is 131 Å². The summed E-state index contributed by atoms with van der Waals surface area (Å²) in [5, 5.41) is 13.4. The molecule has 1 aromatic heterocycles. The maximum atomic E-state index is 12.4. The zero-order chi connectivity index (χ0) is 16.3. The number of carbonyl (C=O) groups excluding carboxylic acids is 2. The van der Waals surface area contributed by atoms with Gasteiger partial charge >= 0.3 is 5.97 Å². The molecule has 22 heavy (non-hydrogen) atoms. The van der Waals surface area contributed by atoms with E-state index in [2.05, 4.69) is 5.32 Å². The van der Waals surface area contributed by atoms with Crippen molar-refractivity contribution in [2.75, 3.05) is 13.1 Å². The van der Waals surface area contributed by atoms with Gasteiger partial charge < -0.3 is 20.1 Å². The number of ether oxygens (including phenoxy) is 1. The smallest absolute Gasteiger partial charge is 0.334 e. The summed E-state index contributed by atoms with van der Waals surface area (Å²) in [6.45, 7) is 3.59. The molecular weight excluding hydrogens is 308 g/mol. The van der Waals surface area contributed by atoms with Crippen LogP contribution in [-0.2, 0) is 14.3 Å². The molecule has 0 radical (unpaired) electrons. The fourth-order valence-electron chi connectivity index (χ4n) is 2.28. The largest absolute Gasteiger partial charge is 0.479 e. The van der Waals surface area contributed by atoms with E-state index in [-0.39, 0.29) is 24.5 Å². The van der Waals surface area contributed by atoms with Crippen molar-refractivity contribution in [2.24, 2.45) is 0 Å². The van der Waals surface area contributed by atoms with Crippen molar-refractivity contribution in [3.63, 3.8) is 0 Å². The number of amides is 2. The Balaban J connectivity index is 1.97. The number of carbonyl (C=O) groups is 3. The maximum absolute atomic E-state index is 12.4. The highest BCUT2D eigenvalue weighted by atomic mass is 32.1. The molecule has 2 unspecified atom stereocenters. The molecule has 0 bridgehead atoms. The van der Waals surface area contributed by atoms with Crippen LogP contribution in [0.15, 0.2) is 17.5 Å². The van der Waals surface area contributed by atoms with Gasteiger partial charge in [-0.15, -0.1) is 11.3 Å². The molecule has 3 atom stereocenters. The highest BCUT2D eigenvalue weighted by Gasteiger charge is 2.34. The van der Waals surface area contributed by atoms with E-state index in [1.54, 1.807) is 31.4 Å². The first kappa shape index (κ1) is 16.4. The van der Waals surface area contributed by atoms with Gasteiger partial charge in [0.1, 0.15) is 6.04 Å². The van der Waals surface area contributed by atoms with Gasteiger partial charge in [0, 0.05) is 6.54 Å². The zero-order valence-electron chi connectivity index (χ0n) is 12.3. The van der Waals surface area contributed by atoms with Gasteiger partial charge in [0.05, 0.1) is 17.5 Å². The normalized spacial score (nSPS) is 22.9. The summed E-state index contributed by atoms with van der Waals surface area (Å²) in [5.74, 6) is -1.72. The number of hydrogen-bond acceptors (Lipinski definition) is 5. The van der Waals surface area contributed by atoms with E-state index in [4.69, 9.17) is 9.84 Å². The number of nitrogens with one attached hydrogen (secondary N) is 1. The van der Waals surface area contributed by atoms with Gasteiger partial charge in [-0.25, -0.2) is 4.79 Å². The monoisotopic (exact) mass is 326 g/mol. The third-order valence-electron chi connectivity index (χ3n) is 3.31. The van der Waals surface area contributed by atoms with E-state index in [1.807, 2.05) is 0 Å². The van der Waals surface area contributed by atoms with Gasteiger partial charge in [-0.2, -0.15) is 0 Å². The zero-order valence-corrected chi connectivity index (χ0v) is 13.1. The maximum Gasteiger partial charge on any atom is 0.334 e. The van der Waals surface area contributed by atoms with Crippen molar-refractivity contribution in [3.05, 3.63) is 22.4 Å². The lowest BCUT2D eigenvalue weighted by atomic mass is 10.2. The number of rotatable bonds is 4. The van der Waals surface area contributed by atoms with Gasteiger partial charge in [0.15, 0.2) is 6.10 Å². The first-order valence-electron chi connectivity index (χ1n) is 6.90. The van der Waals surface area contributed by atoms with Crippen LogP contribution in [0.5, 0.6) is 0 Å². The summed E-state index contributed by atoms with van der Waals surface area (Å²) in [6, 6.07) is 2.70. The van der Waals surface area contributed by atoms with Gasteiger partial charge in [-0.1, -0.05) is 6.07 Å². The molecule has 120 valence electrons. The predicted octanol–water partition coefficient (Wildman–Crippen LogP) is 0.567. The Morgan fingerprint density at radius 1 is 1.45 bits per heavy atom. The molecule has 1 aromatic rings. The minimum atomic E-state index is -1.10. The van der Waals surface area contributed by atoms with Crippen LogP contribution in [0.4, 0.5) is 0 Å². The lowest BCUT2D eigenvalue weighted by Crippen LogP contribution is -2.56. The molecule has 2 heterocycles. The van der Waals surface area contributed by atoms with E-state index < -0.39 is 18.1 Å². The van der Waals surface area contributed by atoms with Gasteiger partial charge in [0.2, 0.25) is 5.91 Å². The van der Waals surface area contributed by atoms with E-state index in [1.165, 1.54) is 16.2 Å². The summed E-state index contributed by atoms with van der Waals surface area (Å²) in [5.41, 5.74) is 0. The van der Waals surface area contributed by atoms with Crippen LogP contribution in [0.3, 0.4) is 0 Å². The molecule has 1 saturated heterocycles. The summed E-state index contributed by atoms with van der Waals surface area (Å²) in [4.78, 5) is 37.3. The van der Waals surface area contributed by atoms with Crippen LogP contribution in [0.1, 0.15) is 23.5 Å². The number of nitrogens with zero attached hydrogens (tertiary/aromatic N) is 1. The third-order valence-corrected chi connectivity index (χ3v) is 4.18. The number of morpholine rings is 1. The molecule has 0 saturated carbocycles. The number of carboxylic acid groups (broad SMARTS) is 1. The van der Waals surface area contributed by atoms with Crippen LogP contribution in [0, 0.1) is 0 Å². The minimum Gasteiger partial charge on any atom is -0.479 e. The quantitative estimate of drug-likeness (QED) is 0.843. The lowest BCUT2D eigenvalue weighted by molar-refractivity contribution is -0.167. The van der Waals surface area contributed by atoms with Gasteiger partial charge in [-0.05, 0) is 25.3 Å². The molecule has 1 fully saturated rings. The molecule has 7 nitrogen and oxygen atoms in total. The summed E-state index contributed by atoms with van der Waals surface area (Å²) >= 11 is 1.29. The Kier molecular flexibility index (Phi) is 5.15. The van der Waals surface area contributed by atoms with Crippen molar-refractivity contribution in [1.82, 2.24) is 10.2 Å². The third kappa shape index (κ3) is 3.83. The Hall–Kier alpha value is -1.93. The second-order valence-corrected chi connectivity index (χ2v) is 6.14. The predicted molar refractivity (Wildman–Crippen MR) is 79.8 cm³/mol. The standard InChI is InChI=1S/C14H18N2O5S/c1-8-6-16(7-10(21-8)14(19)20)13(18)9(2)15-12(17)11-4-3-5-22-11/h3-5,8-10H,6-7H2,1-2H3,(H,15,17)(H,19,20)/t8-,9?,10?/m1/s1. The topological polar surface area (TPSA) is 95.9 Å². The number of hydrogen-bond donors (Lipinski definition) is 2. The summed E-state index contributed by atoms with van der Waals surface area (Å²) in [6.07, 6.45) is -1.40. The number of thiophene rings is 1. The molecule has 2 N–H and O–H groups in total. The lowest BCUT2D eigenvalue weighted by Gasteiger charge is -2.36. The summed E-state index contributed by atoms with van der Waals surface area (Å²) < 4.78 is 5.27. The van der Waals surface area contributed by atoms with Crippen molar-refractivity contribution >= 4 is 29.1 Å².